The van der Waals surface area contributed by atoms with Crippen molar-refractivity contribution >= 4 is 23.2 Å². The second kappa shape index (κ2) is 6.31. The molecule has 1 saturated carbocycles. The normalized spacial score (nSPS) is 18.8. The first-order valence-corrected chi connectivity index (χ1v) is 7.83. The lowest BCUT2D eigenvalue weighted by atomic mass is 10.1. The van der Waals surface area contributed by atoms with Gasteiger partial charge in [-0.2, -0.15) is 0 Å². The van der Waals surface area contributed by atoms with Crippen LogP contribution in [0.1, 0.15) is 23.7 Å². The van der Waals surface area contributed by atoms with E-state index in [-0.39, 0.29) is 23.3 Å². The molecule has 0 bridgehead atoms. The number of aromatic nitrogens is 1. The molecule has 1 heterocycles. The fourth-order valence-corrected chi connectivity index (χ4v) is 2.53. The topological polar surface area (TPSA) is 80.2 Å². The molecule has 0 aliphatic heterocycles. The average molecular weight is 325 g/mol. The lowest BCUT2D eigenvalue weighted by molar-refractivity contribution is -0.117. The van der Waals surface area contributed by atoms with Crippen LogP contribution in [-0.4, -0.2) is 16.4 Å². The van der Waals surface area contributed by atoms with Gasteiger partial charge in [0, 0.05) is 36.5 Å². The molecule has 0 unspecified atom stereocenters. The van der Waals surface area contributed by atoms with Crippen LogP contribution in [0.2, 0.25) is 0 Å². The Kier molecular flexibility index (Phi) is 4.20. The second-order valence-electron chi connectivity index (χ2n) is 6.21. The number of aryl methyl sites for hydroxylation is 1. The van der Waals surface area contributed by atoms with Crippen molar-refractivity contribution in [3.63, 3.8) is 0 Å². The largest absolute Gasteiger partial charge is 0.326 e. The van der Waals surface area contributed by atoms with Crippen LogP contribution >= 0.6 is 0 Å². The van der Waals surface area contributed by atoms with Crippen molar-refractivity contribution in [1.29, 1.82) is 0 Å². The molecule has 6 nitrogen and oxygen atoms in total. The minimum atomic E-state index is -0.301. The Labute approximate surface area is 139 Å². The molecule has 24 heavy (non-hydrogen) atoms. The number of amides is 2. The van der Waals surface area contributed by atoms with Gasteiger partial charge in [-0.3, -0.25) is 14.4 Å². The third-order valence-electron chi connectivity index (χ3n) is 4.18. The van der Waals surface area contributed by atoms with Crippen LogP contribution in [-0.2, 0) is 11.8 Å². The van der Waals surface area contributed by atoms with Gasteiger partial charge >= 0.3 is 0 Å². The van der Waals surface area contributed by atoms with Crippen molar-refractivity contribution in [3.05, 3.63) is 58.5 Å². The average Bonchev–Trinajstić information content (AvgIpc) is 3.28. The number of benzene rings is 1. The van der Waals surface area contributed by atoms with Crippen molar-refractivity contribution in [2.24, 2.45) is 18.9 Å². The Morgan fingerprint density at radius 3 is 2.54 bits per heavy atom. The van der Waals surface area contributed by atoms with Gasteiger partial charge in [0.05, 0.1) is 5.69 Å². The Bertz CT molecular complexity index is 857. The number of pyridine rings is 1. The summed E-state index contributed by atoms with van der Waals surface area (Å²) in [5, 5.41) is 5.58. The van der Waals surface area contributed by atoms with Crippen molar-refractivity contribution in [3.8, 4) is 0 Å². The first-order chi connectivity index (χ1) is 11.4. The van der Waals surface area contributed by atoms with E-state index in [1.54, 1.807) is 43.6 Å². The van der Waals surface area contributed by atoms with Crippen molar-refractivity contribution < 1.29 is 9.59 Å². The number of rotatable bonds is 4. The molecule has 1 aliphatic carbocycles. The van der Waals surface area contributed by atoms with Crippen LogP contribution in [0.15, 0.2) is 47.4 Å². The minimum absolute atomic E-state index is 0.00174. The monoisotopic (exact) mass is 325 g/mol. The summed E-state index contributed by atoms with van der Waals surface area (Å²) in [6, 6.07) is 9.74. The number of carbonyl (C=O) groups is 2. The summed E-state index contributed by atoms with van der Waals surface area (Å²) in [5.74, 6) is 0.206. The third-order valence-corrected chi connectivity index (χ3v) is 4.18. The van der Waals surface area contributed by atoms with Gasteiger partial charge in [-0.25, -0.2) is 0 Å². The van der Waals surface area contributed by atoms with E-state index in [0.29, 0.717) is 22.9 Å². The summed E-state index contributed by atoms with van der Waals surface area (Å²) in [5.41, 5.74) is 1.42. The summed E-state index contributed by atoms with van der Waals surface area (Å²) in [6.07, 6.45) is 2.47. The highest BCUT2D eigenvalue weighted by molar-refractivity contribution is 6.05. The zero-order valence-electron chi connectivity index (χ0n) is 13.6. The third kappa shape index (κ3) is 3.53. The van der Waals surface area contributed by atoms with Crippen LogP contribution in [0.3, 0.4) is 0 Å². The molecule has 0 saturated heterocycles. The van der Waals surface area contributed by atoms with Gasteiger partial charge in [-0.1, -0.05) is 13.0 Å². The van der Waals surface area contributed by atoms with Crippen LogP contribution in [0.4, 0.5) is 11.4 Å². The number of anilines is 2. The quantitative estimate of drug-likeness (QED) is 0.904. The number of nitrogens with zero attached hydrogens (tertiary/aromatic N) is 1. The molecule has 1 aromatic carbocycles. The maximum absolute atomic E-state index is 12.3. The van der Waals surface area contributed by atoms with Crippen LogP contribution in [0.25, 0.3) is 0 Å². The standard InChI is InChI=1S/C18H19N3O3/c1-11-8-15(11)18(24)19-13-5-3-4-12(9-13)17(23)20-14-6-7-16(22)21(2)10-14/h3-7,9-11,15H,8H2,1-2H3,(H,19,24)(H,20,23)/t11-,15-/m1/s1. The predicted molar refractivity (Wildman–Crippen MR) is 92.0 cm³/mol. The van der Waals surface area contributed by atoms with Crippen LogP contribution < -0.4 is 16.2 Å². The van der Waals surface area contributed by atoms with Crippen molar-refractivity contribution in [1.82, 2.24) is 4.57 Å². The van der Waals surface area contributed by atoms with E-state index >= 15 is 0 Å². The maximum Gasteiger partial charge on any atom is 0.255 e. The fourth-order valence-electron chi connectivity index (χ4n) is 2.53. The lowest BCUT2D eigenvalue weighted by Gasteiger charge is -2.09. The summed E-state index contributed by atoms with van der Waals surface area (Å²) >= 11 is 0. The number of nitrogens with one attached hydrogen (secondary N) is 2. The molecule has 0 radical (unpaired) electrons. The molecule has 6 heteroatoms. The van der Waals surface area contributed by atoms with Gasteiger partial charge in [0.2, 0.25) is 11.5 Å². The molecule has 1 aliphatic rings. The van der Waals surface area contributed by atoms with E-state index in [0.717, 1.165) is 6.42 Å². The molecule has 2 N–H and O–H groups in total. The molecule has 2 aromatic rings. The Balaban J connectivity index is 1.70. The SMILES string of the molecule is C[C@@H]1C[C@H]1C(=O)Nc1cccc(C(=O)Nc2ccc(=O)n(C)c2)c1. The molecule has 2 amide bonds. The Morgan fingerprint density at radius 2 is 1.88 bits per heavy atom. The molecule has 1 aromatic heterocycles. The highest BCUT2D eigenvalue weighted by Crippen LogP contribution is 2.38. The summed E-state index contributed by atoms with van der Waals surface area (Å²) < 4.78 is 1.39. The molecular formula is C18H19N3O3. The molecule has 2 atom stereocenters. The summed E-state index contributed by atoms with van der Waals surface area (Å²) in [7, 11) is 1.62. The first kappa shape index (κ1) is 16.0. The van der Waals surface area contributed by atoms with Gasteiger partial charge < -0.3 is 15.2 Å². The Hall–Kier alpha value is -2.89. The van der Waals surface area contributed by atoms with Gasteiger partial charge in [-0.05, 0) is 36.6 Å². The molecular weight excluding hydrogens is 306 g/mol. The number of hydrogen-bond acceptors (Lipinski definition) is 3. The van der Waals surface area contributed by atoms with E-state index in [4.69, 9.17) is 0 Å². The van der Waals surface area contributed by atoms with E-state index < -0.39 is 0 Å². The highest BCUT2D eigenvalue weighted by atomic mass is 16.2. The molecule has 124 valence electrons. The Morgan fingerprint density at radius 1 is 1.12 bits per heavy atom. The molecule has 1 fully saturated rings. The van der Waals surface area contributed by atoms with E-state index in [9.17, 15) is 14.4 Å². The summed E-state index contributed by atoms with van der Waals surface area (Å²) in [6.45, 7) is 2.04. The van der Waals surface area contributed by atoms with E-state index in [1.165, 1.54) is 10.6 Å². The van der Waals surface area contributed by atoms with Crippen LogP contribution in [0, 0.1) is 11.8 Å². The fraction of sp³-hybridized carbons (Fsp3) is 0.278. The van der Waals surface area contributed by atoms with Gasteiger partial charge in [0.25, 0.3) is 5.91 Å². The zero-order chi connectivity index (χ0) is 17.3. The predicted octanol–water partition coefficient (Wildman–Crippen LogP) is 2.23. The van der Waals surface area contributed by atoms with Gasteiger partial charge in [-0.15, -0.1) is 0 Å². The number of hydrogen-bond donors (Lipinski definition) is 2. The maximum atomic E-state index is 12.3. The molecule has 0 spiro atoms. The number of carbonyl (C=O) groups excluding carboxylic acids is 2. The minimum Gasteiger partial charge on any atom is -0.326 e. The lowest BCUT2D eigenvalue weighted by Crippen LogP contribution is -2.18. The van der Waals surface area contributed by atoms with Gasteiger partial charge in [0.1, 0.15) is 0 Å². The van der Waals surface area contributed by atoms with E-state index in [2.05, 4.69) is 10.6 Å². The summed E-state index contributed by atoms with van der Waals surface area (Å²) in [4.78, 5) is 35.7. The van der Waals surface area contributed by atoms with Crippen LogP contribution in [0.5, 0.6) is 0 Å². The van der Waals surface area contributed by atoms with E-state index in [1.807, 2.05) is 6.92 Å². The molecule has 3 rings (SSSR count). The second-order valence-corrected chi connectivity index (χ2v) is 6.21. The van der Waals surface area contributed by atoms with Crippen molar-refractivity contribution in [2.75, 3.05) is 10.6 Å². The first-order valence-electron chi connectivity index (χ1n) is 7.83. The van der Waals surface area contributed by atoms with Crippen molar-refractivity contribution in [2.45, 2.75) is 13.3 Å². The zero-order valence-corrected chi connectivity index (χ0v) is 13.6. The highest BCUT2D eigenvalue weighted by Gasteiger charge is 2.39. The van der Waals surface area contributed by atoms with Gasteiger partial charge in [0.15, 0.2) is 0 Å². The smallest absolute Gasteiger partial charge is 0.255 e.